The molecule has 8 heteroatoms. The molecule has 1 aromatic heterocycles. The van der Waals surface area contributed by atoms with Gasteiger partial charge < -0.3 is 19.7 Å². The number of nitrogens with zero attached hydrogens (tertiary/aromatic N) is 4. The lowest BCUT2D eigenvalue weighted by molar-refractivity contribution is 0.176. The van der Waals surface area contributed by atoms with E-state index < -0.39 is 0 Å². The van der Waals surface area contributed by atoms with Gasteiger partial charge in [-0.2, -0.15) is 5.10 Å². The van der Waals surface area contributed by atoms with Gasteiger partial charge >= 0.3 is 0 Å². The first-order valence-corrected chi connectivity index (χ1v) is 9.82. The maximum Gasteiger partial charge on any atom is 0.173 e. The van der Waals surface area contributed by atoms with Crippen LogP contribution in [-0.2, 0) is 13.6 Å². The van der Waals surface area contributed by atoms with Gasteiger partial charge in [0.15, 0.2) is 5.11 Å². The molecule has 0 aliphatic carbocycles. The van der Waals surface area contributed by atoms with Crippen LogP contribution in [-0.4, -0.2) is 65.1 Å². The van der Waals surface area contributed by atoms with E-state index in [1.165, 1.54) is 11.3 Å². The number of aromatic nitrogens is 2. The van der Waals surface area contributed by atoms with E-state index in [9.17, 15) is 0 Å². The molecule has 0 bridgehead atoms. The fourth-order valence-corrected chi connectivity index (χ4v) is 3.76. The summed E-state index contributed by atoms with van der Waals surface area (Å²) >= 11 is 5.63. The van der Waals surface area contributed by atoms with Gasteiger partial charge in [-0.25, -0.2) is 0 Å². The summed E-state index contributed by atoms with van der Waals surface area (Å²) in [4.78, 5) is 4.67. The number of aryl methyl sites for hydroxylation is 2. The van der Waals surface area contributed by atoms with Crippen LogP contribution in [0.3, 0.4) is 0 Å². The number of anilines is 1. The fraction of sp³-hybridized carbons (Fsp3) is 0.500. The minimum Gasteiger partial charge on any atom is -0.497 e. The lowest BCUT2D eigenvalue weighted by atomic mass is 10.1. The van der Waals surface area contributed by atoms with Crippen molar-refractivity contribution in [1.82, 2.24) is 19.6 Å². The van der Waals surface area contributed by atoms with E-state index in [0.29, 0.717) is 0 Å². The Hall–Kier alpha value is -2.32. The van der Waals surface area contributed by atoms with Gasteiger partial charge in [-0.15, -0.1) is 0 Å². The highest BCUT2D eigenvalue weighted by Gasteiger charge is 2.21. The van der Waals surface area contributed by atoms with Crippen LogP contribution >= 0.6 is 12.2 Å². The number of hydrogen-bond acceptors (Lipinski definition) is 5. The molecular weight excluding hydrogens is 374 g/mol. The van der Waals surface area contributed by atoms with Crippen LogP contribution in [0.5, 0.6) is 11.5 Å². The molecule has 2 heterocycles. The van der Waals surface area contributed by atoms with Gasteiger partial charge in [-0.05, 0) is 26.1 Å². The predicted molar refractivity (Wildman–Crippen MR) is 115 cm³/mol. The minimum absolute atomic E-state index is 0.726. The Morgan fingerprint density at radius 2 is 1.68 bits per heavy atom. The van der Waals surface area contributed by atoms with Crippen molar-refractivity contribution in [2.24, 2.45) is 7.05 Å². The Bertz CT molecular complexity index is 821. The predicted octanol–water partition coefficient (Wildman–Crippen LogP) is 2.57. The largest absolute Gasteiger partial charge is 0.497 e. The van der Waals surface area contributed by atoms with Crippen LogP contribution in [0, 0.1) is 13.8 Å². The van der Waals surface area contributed by atoms with Crippen LogP contribution in [0.15, 0.2) is 18.2 Å². The lowest BCUT2D eigenvalue weighted by Crippen LogP contribution is -2.49. The average molecular weight is 404 g/mol. The second kappa shape index (κ2) is 8.79. The number of thiocarbonyl (C=S) groups is 1. The molecule has 0 radical (unpaired) electrons. The molecule has 0 saturated carbocycles. The third-order valence-electron chi connectivity index (χ3n) is 5.30. The highest BCUT2D eigenvalue weighted by molar-refractivity contribution is 7.80. The maximum atomic E-state index is 5.63. The van der Waals surface area contributed by atoms with Gasteiger partial charge in [0, 0.05) is 74.9 Å². The molecule has 1 aliphatic heterocycles. The van der Waals surface area contributed by atoms with Crippen LogP contribution in [0.25, 0.3) is 0 Å². The van der Waals surface area contributed by atoms with Gasteiger partial charge in [0.25, 0.3) is 0 Å². The summed E-state index contributed by atoms with van der Waals surface area (Å²) in [7, 11) is 5.28. The quantitative estimate of drug-likeness (QED) is 0.770. The number of methoxy groups -OCH3 is 2. The Kier molecular flexibility index (Phi) is 6.41. The van der Waals surface area contributed by atoms with Crippen LogP contribution in [0.4, 0.5) is 5.69 Å². The van der Waals surface area contributed by atoms with Crippen LogP contribution in [0.1, 0.15) is 17.0 Å². The minimum atomic E-state index is 0.726. The van der Waals surface area contributed by atoms with Crippen molar-refractivity contribution in [3.8, 4) is 11.5 Å². The van der Waals surface area contributed by atoms with Gasteiger partial charge in [-0.1, -0.05) is 0 Å². The molecule has 2 aromatic rings. The van der Waals surface area contributed by atoms with Gasteiger partial charge in [0.05, 0.1) is 19.9 Å². The summed E-state index contributed by atoms with van der Waals surface area (Å²) in [5.74, 6) is 1.47. The first kappa shape index (κ1) is 20.4. The Morgan fingerprint density at radius 1 is 1.07 bits per heavy atom. The summed E-state index contributed by atoms with van der Waals surface area (Å²) < 4.78 is 12.6. The number of benzene rings is 1. The zero-order valence-electron chi connectivity index (χ0n) is 17.3. The van der Waals surface area contributed by atoms with Crippen molar-refractivity contribution in [1.29, 1.82) is 0 Å². The molecule has 152 valence electrons. The second-order valence-corrected chi connectivity index (χ2v) is 7.45. The fourth-order valence-electron chi connectivity index (χ4n) is 3.46. The Morgan fingerprint density at radius 3 is 2.18 bits per heavy atom. The van der Waals surface area contributed by atoms with Gasteiger partial charge in [0.1, 0.15) is 11.5 Å². The smallest absolute Gasteiger partial charge is 0.173 e. The van der Waals surface area contributed by atoms with E-state index in [1.54, 1.807) is 14.2 Å². The Balaban J connectivity index is 1.57. The molecule has 0 unspecified atom stereocenters. The molecule has 1 saturated heterocycles. The maximum absolute atomic E-state index is 5.63. The topological polar surface area (TPSA) is 54.8 Å². The van der Waals surface area contributed by atoms with E-state index in [4.69, 9.17) is 21.7 Å². The first-order chi connectivity index (χ1) is 13.4. The van der Waals surface area contributed by atoms with E-state index in [2.05, 4.69) is 34.1 Å². The SMILES string of the molecule is COc1cc(NC(=S)N2CCN(Cc3c(C)nn(C)c3C)CC2)cc(OC)c1. The zero-order chi connectivity index (χ0) is 20.3. The summed E-state index contributed by atoms with van der Waals surface area (Å²) in [5.41, 5.74) is 4.56. The molecule has 1 aromatic carbocycles. The summed E-state index contributed by atoms with van der Waals surface area (Å²) in [6.45, 7) is 8.88. The summed E-state index contributed by atoms with van der Waals surface area (Å²) in [6, 6.07) is 5.67. The van der Waals surface area contributed by atoms with Crippen molar-refractivity contribution >= 4 is 23.0 Å². The second-order valence-electron chi connectivity index (χ2n) is 7.07. The molecule has 1 aliphatic rings. The summed E-state index contributed by atoms with van der Waals surface area (Å²) in [6.07, 6.45) is 0. The molecule has 1 fully saturated rings. The monoisotopic (exact) mass is 403 g/mol. The zero-order valence-corrected chi connectivity index (χ0v) is 18.1. The normalized spacial score (nSPS) is 14.8. The molecule has 0 atom stereocenters. The van der Waals surface area contributed by atoms with Crippen LogP contribution in [0.2, 0.25) is 0 Å². The van der Waals surface area contributed by atoms with E-state index in [1.807, 2.05) is 29.9 Å². The highest BCUT2D eigenvalue weighted by Crippen LogP contribution is 2.26. The number of nitrogens with one attached hydrogen (secondary N) is 1. The van der Waals surface area contributed by atoms with E-state index >= 15 is 0 Å². The van der Waals surface area contributed by atoms with Crippen molar-refractivity contribution in [3.63, 3.8) is 0 Å². The first-order valence-electron chi connectivity index (χ1n) is 9.41. The van der Waals surface area contributed by atoms with Crippen molar-refractivity contribution in [2.45, 2.75) is 20.4 Å². The molecule has 0 amide bonds. The summed E-state index contributed by atoms with van der Waals surface area (Å²) in [5, 5.41) is 8.56. The third-order valence-corrected chi connectivity index (χ3v) is 5.66. The highest BCUT2D eigenvalue weighted by atomic mass is 32.1. The van der Waals surface area contributed by atoms with Gasteiger partial charge in [-0.3, -0.25) is 9.58 Å². The molecule has 7 nitrogen and oxygen atoms in total. The number of ether oxygens (including phenoxy) is 2. The van der Waals surface area contributed by atoms with Crippen molar-refractivity contribution in [2.75, 3.05) is 45.7 Å². The van der Waals surface area contributed by atoms with E-state index in [-0.39, 0.29) is 0 Å². The lowest BCUT2D eigenvalue weighted by Gasteiger charge is -2.36. The van der Waals surface area contributed by atoms with Crippen LogP contribution < -0.4 is 14.8 Å². The molecule has 28 heavy (non-hydrogen) atoms. The number of hydrogen-bond donors (Lipinski definition) is 1. The molecular formula is C20H29N5O2S. The van der Waals surface area contributed by atoms with Crippen molar-refractivity contribution < 1.29 is 9.47 Å². The number of rotatable bonds is 5. The van der Waals surface area contributed by atoms with Crippen molar-refractivity contribution in [3.05, 3.63) is 35.2 Å². The molecule has 3 rings (SSSR count). The average Bonchev–Trinajstić information content (AvgIpc) is 2.94. The molecule has 1 N–H and O–H groups in total. The standard InChI is InChI=1S/C20H29N5O2S/c1-14-19(15(2)23(3)22-14)13-24-6-8-25(9-7-24)20(28)21-16-10-17(26-4)12-18(11-16)27-5/h10-12H,6-9,13H2,1-5H3,(H,21,28). The van der Waals surface area contributed by atoms with E-state index in [0.717, 1.165) is 60.7 Å². The Labute approximate surface area is 172 Å². The third kappa shape index (κ3) is 4.56. The number of piperazine rings is 1. The van der Waals surface area contributed by atoms with Gasteiger partial charge in [0.2, 0.25) is 0 Å². The molecule has 0 spiro atoms.